The second kappa shape index (κ2) is 12.2. The second-order valence-electron chi connectivity index (χ2n) is 9.69. The summed E-state index contributed by atoms with van der Waals surface area (Å²) in [6, 6.07) is 49.0. The highest BCUT2D eigenvalue weighted by atomic mass is 16.5. The van der Waals surface area contributed by atoms with E-state index in [1.807, 2.05) is 84.9 Å². The summed E-state index contributed by atoms with van der Waals surface area (Å²) in [6.45, 7) is 0. The number of carbonyl (C=O) groups is 2. The fraction of sp³-hybridized carbons (Fsp3) is 0. The van der Waals surface area contributed by atoms with Gasteiger partial charge in [-0.25, -0.2) is 0 Å². The SMILES string of the molecule is O=C(C(=O)c1ccc(Oc2ccc(-c3ccccc3)cc2)cc1)c1ccc(Oc2ccc(-c3ccccc3)cc2)cc1. The summed E-state index contributed by atoms with van der Waals surface area (Å²) in [5.74, 6) is 1.34. The van der Waals surface area contributed by atoms with Crippen LogP contribution in [-0.2, 0) is 0 Å². The van der Waals surface area contributed by atoms with Crippen LogP contribution in [0.4, 0.5) is 0 Å². The molecule has 0 unspecified atom stereocenters. The van der Waals surface area contributed by atoms with E-state index in [0.29, 0.717) is 34.1 Å². The van der Waals surface area contributed by atoms with Gasteiger partial charge in [-0.3, -0.25) is 9.59 Å². The van der Waals surface area contributed by atoms with Crippen LogP contribution in [0.2, 0.25) is 0 Å². The topological polar surface area (TPSA) is 52.6 Å². The standard InChI is InChI=1S/C38H26O4/c39-37(31-15-23-35(24-16-31)41-33-19-11-29(12-20-33)27-7-3-1-4-8-27)38(40)32-17-25-36(26-18-32)42-34-21-13-30(14-22-34)28-9-5-2-6-10-28/h1-26H. The average molecular weight is 547 g/mol. The lowest BCUT2D eigenvalue weighted by Gasteiger charge is -2.09. The van der Waals surface area contributed by atoms with Crippen molar-refractivity contribution in [3.63, 3.8) is 0 Å². The smallest absolute Gasteiger partial charge is 0.233 e. The summed E-state index contributed by atoms with van der Waals surface area (Å²) < 4.78 is 11.9. The minimum atomic E-state index is -0.584. The molecule has 0 amide bonds. The first-order valence-corrected chi connectivity index (χ1v) is 13.6. The summed E-state index contributed by atoms with van der Waals surface area (Å²) in [4.78, 5) is 25.8. The third kappa shape index (κ3) is 6.19. The Labute approximate surface area is 244 Å². The Hall–Kier alpha value is -5.74. The number of ketones is 2. The molecule has 0 radical (unpaired) electrons. The number of benzene rings is 6. The first kappa shape index (κ1) is 26.5. The molecule has 0 aliphatic rings. The molecule has 202 valence electrons. The van der Waals surface area contributed by atoms with E-state index in [1.54, 1.807) is 48.5 Å². The van der Waals surface area contributed by atoms with Gasteiger partial charge >= 0.3 is 0 Å². The Kier molecular flexibility index (Phi) is 7.69. The number of carbonyl (C=O) groups excluding carboxylic acids is 2. The molecule has 0 aliphatic heterocycles. The van der Waals surface area contributed by atoms with Gasteiger partial charge in [-0.15, -0.1) is 0 Å². The van der Waals surface area contributed by atoms with Gasteiger partial charge in [0.15, 0.2) is 0 Å². The Morgan fingerprint density at radius 3 is 0.881 bits per heavy atom. The highest BCUT2D eigenvalue weighted by molar-refractivity contribution is 6.49. The van der Waals surface area contributed by atoms with Gasteiger partial charge in [-0.2, -0.15) is 0 Å². The zero-order valence-corrected chi connectivity index (χ0v) is 22.6. The summed E-state index contributed by atoms with van der Waals surface area (Å²) in [5.41, 5.74) is 5.05. The number of hydrogen-bond acceptors (Lipinski definition) is 4. The molecular formula is C38H26O4. The van der Waals surface area contributed by atoms with Crippen molar-refractivity contribution in [2.45, 2.75) is 0 Å². The molecule has 0 saturated carbocycles. The molecule has 6 aromatic rings. The van der Waals surface area contributed by atoms with Crippen molar-refractivity contribution in [2.24, 2.45) is 0 Å². The lowest BCUT2D eigenvalue weighted by Crippen LogP contribution is -2.14. The van der Waals surface area contributed by atoms with Crippen molar-refractivity contribution < 1.29 is 19.1 Å². The monoisotopic (exact) mass is 546 g/mol. The Morgan fingerprint density at radius 2 is 0.571 bits per heavy atom. The molecule has 4 heteroatoms. The van der Waals surface area contributed by atoms with Crippen LogP contribution >= 0.6 is 0 Å². The van der Waals surface area contributed by atoms with Crippen LogP contribution < -0.4 is 9.47 Å². The van der Waals surface area contributed by atoms with Crippen molar-refractivity contribution in [1.82, 2.24) is 0 Å². The van der Waals surface area contributed by atoms with Crippen molar-refractivity contribution in [1.29, 1.82) is 0 Å². The molecular weight excluding hydrogens is 520 g/mol. The molecule has 0 atom stereocenters. The van der Waals surface area contributed by atoms with Gasteiger partial charge < -0.3 is 9.47 Å². The molecule has 0 spiro atoms. The summed E-state index contributed by atoms with van der Waals surface area (Å²) in [7, 11) is 0. The summed E-state index contributed by atoms with van der Waals surface area (Å²) in [6.07, 6.45) is 0. The van der Waals surface area contributed by atoms with Gasteiger partial charge in [-0.1, -0.05) is 84.9 Å². The first-order chi connectivity index (χ1) is 20.6. The average Bonchev–Trinajstić information content (AvgIpc) is 3.06. The third-order valence-corrected chi connectivity index (χ3v) is 6.83. The maximum absolute atomic E-state index is 12.9. The van der Waals surface area contributed by atoms with Crippen LogP contribution in [-0.4, -0.2) is 11.6 Å². The fourth-order valence-corrected chi connectivity index (χ4v) is 4.58. The number of Topliss-reactive ketones (excluding diaryl/α,β-unsaturated/α-hetero) is 2. The number of rotatable bonds is 9. The maximum Gasteiger partial charge on any atom is 0.233 e. The predicted molar refractivity (Wildman–Crippen MR) is 165 cm³/mol. The minimum absolute atomic E-state index is 0.297. The van der Waals surface area contributed by atoms with E-state index in [-0.39, 0.29) is 0 Å². The van der Waals surface area contributed by atoms with Crippen LogP contribution in [0.1, 0.15) is 20.7 Å². The number of ether oxygens (including phenoxy) is 2. The summed E-state index contributed by atoms with van der Waals surface area (Å²) >= 11 is 0. The molecule has 6 rings (SSSR count). The van der Waals surface area contributed by atoms with E-state index in [4.69, 9.17) is 9.47 Å². The molecule has 0 heterocycles. The van der Waals surface area contributed by atoms with Gasteiger partial charge in [-0.05, 0) is 95.1 Å². The first-order valence-electron chi connectivity index (χ1n) is 13.6. The predicted octanol–water partition coefficient (Wildman–Crippen LogP) is 9.67. The zero-order valence-electron chi connectivity index (χ0n) is 22.6. The van der Waals surface area contributed by atoms with Crippen molar-refractivity contribution >= 4 is 11.6 Å². The normalized spacial score (nSPS) is 10.6. The molecule has 0 N–H and O–H groups in total. The zero-order chi connectivity index (χ0) is 28.7. The molecule has 0 bridgehead atoms. The largest absolute Gasteiger partial charge is 0.457 e. The minimum Gasteiger partial charge on any atom is -0.457 e. The molecule has 0 fully saturated rings. The maximum atomic E-state index is 12.9. The van der Waals surface area contributed by atoms with Gasteiger partial charge in [0, 0.05) is 11.1 Å². The lowest BCUT2D eigenvalue weighted by atomic mass is 10.0. The molecule has 4 nitrogen and oxygen atoms in total. The van der Waals surface area contributed by atoms with Crippen molar-refractivity contribution in [2.75, 3.05) is 0 Å². The Morgan fingerprint density at radius 1 is 0.310 bits per heavy atom. The molecule has 0 saturated heterocycles. The fourth-order valence-electron chi connectivity index (χ4n) is 4.58. The Balaban J connectivity index is 1.06. The van der Waals surface area contributed by atoms with E-state index in [9.17, 15) is 9.59 Å². The molecule has 42 heavy (non-hydrogen) atoms. The van der Waals surface area contributed by atoms with Gasteiger partial charge in [0.05, 0.1) is 0 Å². The van der Waals surface area contributed by atoms with Crippen LogP contribution in [0.5, 0.6) is 23.0 Å². The summed E-state index contributed by atoms with van der Waals surface area (Å²) in [5, 5.41) is 0. The van der Waals surface area contributed by atoms with Crippen LogP contribution in [0.15, 0.2) is 158 Å². The Bertz CT molecular complexity index is 1650. The second-order valence-corrected chi connectivity index (χ2v) is 9.69. The van der Waals surface area contributed by atoms with Crippen LogP contribution in [0, 0.1) is 0 Å². The van der Waals surface area contributed by atoms with Crippen molar-refractivity contribution in [3.05, 3.63) is 169 Å². The van der Waals surface area contributed by atoms with Gasteiger partial charge in [0.1, 0.15) is 23.0 Å². The molecule has 0 aliphatic carbocycles. The quantitative estimate of drug-likeness (QED) is 0.134. The van der Waals surface area contributed by atoms with Crippen molar-refractivity contribution in [3.8, 4) is 45.3 Å². The highest BCUT2D eigenvalue weighted by Gasteiger charge is 2.18. The van der Waals surface area contributed by atoms with E-state index in [2.05, 4.69) is 24.3 Å². The van der Waals surface area contributed by atoms with Gasteiger partial charge in [0.25, 0.3) is 0 Å². The third-order valence-electron chi connectivity index (χ3n) is 6.83. The highest BCUT2D eigenvalue weighted by Crippen LogP contribution is 2.28. The molecule has 0 aromatic heterocycles. The van der Waals surface area contributed by atoms with Crippen LogP contribution in [0.25, 0.3) is 22.3 Å². The van der Waals surface area contributed by atoms with E-state index in [1.165, 1.54) is 0 Å². The van der Waals surface area contributed by atoms with E-state index < -0.39 is 11.6 Å². The van der Waals surface area contributed by atoms with E-state index in [0.717, 1.165) is 22.3 Å². The van der Waals surface area contributed by atoms with Gasteiger partial charge in [0.2, 0.25) is 11.6 Å². The lowest BCUT2D eigenvalue weighted by molar-refractivity contribution is 0.0817. The number of hydrogen-bond donors (Lipinski definition) is 0. The van der Waals surface area contributed by atoms with Crippen LogP contribution in [0.3, 0.4) is 0 Å². The molecule has 6 aromatic carbocycles. The van der Waals surface area contributed by atoms with E-state index >= 15 is 0 Å².